The van der Waals surface area contributed by atoms with Crippen LogP contribution in [0.15, 0.2) is 84.9 Å². The minimum Gasteiger partial charge on any atom is -0.493 e. The van der Waals surface area contributed by atoms with Gasteiger partial charge in [0.15, 0.2) is 32.8 Å². The highest BCUT2D eigenvalue weighted by molar-refractivity contribution is 7.92. The molecule has 0 heterocycles. The lowest BCUT2D eigenvalue weighted by atomic mass is 10.1. The summed E-state index contributed by atoms with van der Waals surface area (Å²) in [7, 11) is -1.45. The monoisotopic (exact) mass is 762 g/mol. The molecule has 8 nitrogen and oxygen atoms in total. The summed E-state index contributed by atoms with van der Waals surface area (Å²) in [5, 5.41) is -1.74. The van der Waals surface area contributed by atoms with Gasteiger partial charge in [0, 0.05) is 33.9 Å². The topological polar surface area (TPSA) is 105 Å². The quantitative estimate of drug-likeness (QED) is 0.104. The van der Waals surface area contributed by atoms with E-state index in [0.29, 0.717) is 21.2 Å². The van der Waals surface area contributed by atoms with Gasteiger partial charge in [-0.1, -0.05) is 95.0 Å². The van der Waals surface area contributed by atoms with Crippen LogP contribution in [0, 0.1) is 0 Å². The number of carbonyl (C=O) groups excluding carboxylic acids is 2. The number of ether oxygens (including phenoxy) is 4. The number of benzene rings is 4. The van der Waals surface area contributed by atoms with Crippen molar-refractivity contribution in [2.45, 2.75) is 24.3 Å². The van der Waals surface area contributed by atoms with Gasteiger partial charge in [0.25, 0.3) is 0 Å². The van der Waals surface area contributed by atoms with Crippen molar-refractivity contribution in [2.24, 2.45) is 0 Å². The molecule has 13 heteroatoms. The first-order valence-electron chi connectivity index (χ1n) is 14.5. The zero-order valence-corrected chi connectivity index (χ0v) is 30.4. The molecule has 2 unspecified atom stereocenters. The lowest BCUT2D eigenvalue weighted by Crippen LogP contribution is -2.19. The van der Waals surface area contributed by atoms with E-state index < -0.39 is 32.3 Å². The fourth-order valence-electron chi connectivity index (χ4n) is 4.85. The molecule has 256 valence electrons. The summed E-state index contributed by atoms with van der Waals surface area (Å²) in [5.74, 6) is -0.0996. The molecule has 4 rings (SSSR count). The van der Waals surface area contributed by atoms with Gasteiger partial charge in [0.1, 0.15) is 10.5 Å². The molecule has 0 aromatic heterocycles. The molecule has 0 bridgehead atoms. The molecule has 0 radical (unpaired) electrons. The normalized spacial score (nSPS) is 12.9. The number of esters is 2. The minimum atomic E-state index is -4.29. The summed E-state index contributed by atoms with van der Waals surface area (Å²) in [6.07, 6.45) is 6.17. The molecule has 0 aliphatic rings. The van der Waals surface area contributed by atoms with E-state index in [9.17, 15) is 18.0 Å². The zero-order valence-electron chi connectivity index (χ0n) is 26.6. The summed E-state index contributed by atoms with van der Waals surface area (Å²) in [5.41, 5.74) is 1.63. The van der Waals surface area contributed by atoms with Gasteiger partial charge in [-0.25, -0.2) is 8.42 Å². The highest BCUT2D eigenvalue weighted by Gasteiger charge is 2.36. The number of sulfone groups is 1. The van der Waals surface area contributed by atoms with Crippen molar-refractivity contribution in [3.05, 3.63) is 127 Å². The Morgan fingerprint density at radius 3 is 1.31 bits per heavy atom. The molecule has 0 fully saturated rings. The zero-order chi connectivity index (χ0) is 35.9. The summed E-state index contributed by atoms with van der Waals surface area (Å²) in [6, 6.07) is 18.7. The van der Waals surface area contributed by atoms with Crippen LogP contribution < -0.4 is 18.9 Å². The lowest BCUT2D eigenvalue weighted by molar-refractivity contribution is -0.132. The maximum Gasteiger partial charge on any atom is 0.308 e. The third-order valence-corrected chi connectivity index (χ3v) is 10.4. The largest absolute Gasteiger partial charge is 0.493 e. The highest BCUT2D eigenvalue weighted by Crippen LogP contribution is 2.43. The number of rotatable bonds is 12. The highest BCUT2D eigenvalue weighted by atomic mass is 35.5. The van der Waals surface area contributed by atoms with Gasteiger partial charge in [-0.15, -0.1) is 0 Å². The second-order valence-corrected chi connectivity index (χ2v) is 14.4. The smallest absolute Gasteiger partial charge is 0.308 e. The van der Waals surface area contributed by atoms with E-state index in [4.69, 9.17) is 65.4 Å². The van der Waals surface area contributed by atoms with E-state index in [1.165, 1.54) is 52.4 Å². The maximum atomic E-state index is 14.9. The molecule has 0 aliphatic heterocycles. The van der Waals surface area contributed by atoms with Crippen molar-refractivity contribution in [3.63, 3.8) is 0 Å². The van der Waals surface area contributed by atoms with Gasteiger partial charge in [0.2, 0.25) is 0 Å². The Bertz CT molecular complexity index is 1900. The standard InChI is InChI=1S/C36H30Cl4O8S/c1-21(41)47-31-13-5-23(17-33(31)45-3)7-15-35(27-11-9-25(37)19-29(27)39)49(43,44)36(28-12-10-26(38)20-30(28)40)16-8-24-6-14-32(48-22(2)42)34(18-24)46-4/h5-20,35-36H,1-4H3/b15-7-,16-8-. The van der Waals surface area contributed by atoms with Crippen LogP contribution in [-0.4, -0.2) is 34.6 Å². The number of carbonyl (C=O) groups is 2. The summed E-state index contributed by atoms with van der Waals surface area (Å²) >= 11 is 25.6. The van der Waals surface area contributed by atoms with E-state index >= 15 is 0 Å². The van der Waals surface area contributed by atoms with Gasteiger partial charge < -0.3 is 18.9 Å². The molecule has 0 saturated heterocycles. The Kier molecular flexibility index (Phi) is 12.8. The van der Waals surface area contributed by atoms with Gasteiger partial charge >= 0.3 is 11.9 Å². The number of halogens is 4. The molecule has 0 saturated carbocycles. The molecule has 0 aliphatic carbocycles. The second-order valence-electron chi connectivity index (χ2n) is 10.5. The predicted octanol–water partition coefficient (Wildman–Crippen LogP) is 9.79. The van der Waals surface area contributed by atoms with Crippen molar-refractivity contribution in [3.8, 4) is 23.0 Å². The van der Waals surface area contributed by atoms with E-state index in [0.717, 1.165) is 0 Å². The molecule has 49 heavy (non-hydrogen) atoms. The second kappa shape index (κ2) is 16.6. The Balaban J connectivity index is 1.88. The molecular formula is C36H30Cl4O8S. The van der Waals surface area contributed by atoms with E-state index in [2.05, 4.69) is 0 Å². The SMILES string of the molecule is COc1cc(/C=C\C(c2ccc(Cl)cc2Cl)S(=O)(=O)C(/C=C\c2ccc(OC(C)=O)c(OC)c2)c2ccc(Cl)cc2Cl)ccc1OC(C)=O. The molecular weight excluding hydrogens is 734 g/mol. The lowest BCUT2D eigenvalue weighted by Gasteiger charge is -2.23. The van der Waals surface area contributed by atoms with Crippen LogP contribution in [0.2, 0.25) is 20.1 Å². The predicted molar refractivity (Wildman–Crippen MR) is 194 cm³/mol. The fourth-order valence-corrected chi connectivity index (χ4v) is 8.07. The van der Waals surface area contributed by atoms with Crippen LogP contribution in [0.3, 0.4) is 0 Å². The molecule has 4 aromatic rings. The molecule has 0 spiro atoms. The Hall–Kier alpha value is -3.99. The minimum absolute atomic E-state index is 0.129. The first-order chi connectivity index (χ1) is 23.2. The summed E-state index contributed by atoms with van der Waals surface area (Å²) in [4.78, 5) is 23.1. The number of hydrogen-bond acceptors (Lipinski definition) is 8. The molecule has 2 atom stereocenters. The van der Waals surface area contributed by atoms with Gasteiger partial charge in [-0.2, -0.15) is 0 Å². The van der Waals surface area contributed by atoms with E-state index in [-0.39, 0.29) is 44.2 Å². The van der Waals surface area contributed by atoms with Crippen LogP contribution in [0.5, 0.6) is 23.0 Å². The number of hydrogen-bond donors (Lipinski definition) is 0. The third kappa shape index (κ3) is 9.59. The van der Waals surface area contributed by atoms with Crippen LogP contribution in [0.25, 0.3) is 12.2 Å². The molecule has 0 N–H and O–H groups in total. The van der Waals surface area contributed by atoms with Crippen LogP contribution in [0.4, 0.5) is 0 Å². The van der Waals surface area contributed by atoms with Gasteiger partial charge in [0.05, 0.1) is 14.2 Å². The van der Waals surface area contributed by atoms with Gasteiger partial charge in [-0.05, 0) is 70.8 Å². The van der Waals surface area contributed by atoms with E-state index in [1.54, 1.807) is 72.8 Å². The fraction of sp³-hybridized carbons (Fsp3) is 0.167. The van der Waals surface area contributed by atoms with Crippen LogP contribution in [-0.2, 0) is 19.4 Å². The molecule has 0 amide bonds. The van der Waals surface area contributed by atoms with Crippen molar-refractivity contribution in [1.29, 1.82) is 0 Å². The first-order valence-corrected chi connectivity index (χ1v) is 17.6. The molecule has 4 aromatic carbocycles. The van der Waals surface area contributed by atoms with Crippen LogP contribution in [0.1, 0.15) is 46.6 Å². The third-order valence-electron chi connectivity index (χ3n) is 7.06. The van der Waals surface area contributed by atoms with Crippen molar-refractivity contribution in [1.82, 2.24) is 0 Å². The van der Waals surface area contributed by atoms with Crippen molar-refractivity contribution >= 4 is 80.3 Å². The first kappa shape index (κ1) is 37.8. The van der Waals surface area contributed by atoms with Crippen molar-refractivity contribution in [2.75, 3.05) is 14.2 Å². The Labute approximate surface area is 304 Å². The Morgan fingerprint density at radius 1 is 0.592 bits per heavy atom. The summed E-state index contributed by atoms with van der Waals surface area (Å²) < 4.78 is 50.9. The van der Waals surface area contributed by atoms with Crippen LogP contribution >= 0.6 is 46.4 Å². The summed E-state index contributed by atoms with van der Waals surface area (Å²) in [6.45, 7) is 2.54. The average molecular weight is 765 g/mol. The van der Waals surface area contributed by atoms with Crippen molar-refractivity contribution < 1.29 is 37.0 Å². The maximum absolute atomic E-state index is 14.9. The van der Waals surface area contributed by atoms with Gasteiger partial charge in [-0.3, -0.25) is 9.59 Å². The average Bonchev–Trinajstić information content (AvgIpc) is 3.03. The Morgan fingerprint density at radius 2 is 0.980 bits per heavy atom. The van der Waals surface area contributed by atoms with E-state index in [1.807, 2.05) is 0 Å². The number of methoxy groups -OCH3 is 2.